The SMILES string of the molecule is COc1ccc(Cl)cc1NC(=O)C(Cc1ccccc1)N1C(=O)C2C3C=CC(C3)C2C1=O. The van der Waals surface area contributed by atoms with Crippen LogP contribution in [0.3, 0.4) is 0 Å². The molecule has 1 aliphatic heterocycles. The Morgan fingerprint density at radius 3 is 2.38 bits per heavy atom. The number of halogens is 1. The molecule has 2 aromatic carbocycles. The fourth-order valence-electron chi connectivity index (χ4n) is 5.37. The fraction of sp³-hybridized carbons (Fsp3) is 0.320. The summed E-state index contributed by atoms with van der Waals surface area (Å²) in [6, 6.07) is 13.3. The minimum Gasteiger partial charge on any atom is -0.495 e. The van der Waals surface area contributed by atoms with Crippen LogP contribution >= 0.6 is 11.6 Å². The van der Waals surface area contributed by atoms with Gasteiger partial charge in [-0.3, -0.25) is 19.3 Å². The van der Waals surface area contributed by atoms with E-state index in [1.807, 2.05) is 42.5 Å². The molecule has 6 nitrogen and oxygen atoms in total. The molecule has 1 saturated carbocycles. The molecular weight excluding hydrogens is 428 g/mol. The number of fused-ring (bicyclic) bond motifs is 5. The lowest BCUT2D eigenvalue weighted by Crippen LogP contribution is -2.49. The number of methoxy groups -OCH3 is 1. The minimum atomic E-state index is -0.967. The van der Waals surface area contributed by atoms with Crippen LogP contribution in [0.25, 0.3) is 0 Å². The number of nitrogens with one attached hydrogen (secondary N) is 1. The van der Waals surface area contributed by atoms with Crippen molar-refractivity contribution < 1.29 is 19.1 Å². The summed E-state index contributed by atoms with van der Waals surface area (Å²) >= 11 is 6.11. The van der Waals surface area contributed by atoms with Crippen LogP contribution in [0, 0.1) is 23.7 Å². The first kappa shape index (κ1) is 20.8. The van der Waals surface area contributed by atoms with Crippen LogP contribution in [0.1, 0.15) is 12.0 Å². The van der Waals surface area contributed by atoms with Gasteiger partial charge >= 0.3 is 0 Å². The molecule has 2 fully saturated rings. The predicted molar refractivity (Wildman–Crippen MR) is 120 cm³/mol. The lowest BCUT2D eigenvalue weighted by atomic mass is 9.85. The Morgan fingerprint density at radius 1 is 1.09 bits per heavy atom. The van der Waals surface area contributed by atoms with E-state index < -0.39 is 11.9 Å². The number of amides is 3. The van der Waals surface area contributed by atoms with E-state index in [-0.39, 0.29) is 41.9 Å². The summed E-state index contributed by atoms with van der Waals surface area (Å²) in [5, 5.41) is 3.27. The third-order valence-electron chi connectivity index (χ3n) is 6.81. The average molecular weight is 451 g/mol. The zero-order valence-corrected chi connectivity index (χ0v) is 18.3. The third kappa shape index (κ3) is 3.39. The molecule has 5 rings (SSSR count). The summed E-state index contributed by atoms with van der Waals surface area (Å²) in [5.41, 5.74) is 1.26. The van der Waals surface area contributed by atoms with Crippen molar-refractivity contribution in [2.75, 3.05) is 12.4 Å². The van der Waals surface area contributed by atoms with Gasteiger partial charge in [-0.15, -0.1) is 0 Å². The molecule has 3 aliphatic rings. The van der Waals surface area contributed by atoms with Crippen LogP contribution in [-0.2, 0) is 20.8 Å². The maximum Gasteiger partial charge on any atom is 0.248 e. The van der Waals surface area contributed by atoms with E-state index in [4.69, 9.17) is 16.3 Å². The van der Waals surface area contributed by atoms with Crippen LogP contribution in [0.15, 0.2) is 60.7 Å². The van der Waals surface area contributed by atoms with Crippen LogP contribution < -0.4 is 10.1 Å². The van der Waals surface area contributed by atoms with Gasteiger partial charge in [-0.05, 0) is 42.0 Å². The van der Waals surface area contributed by atoms with Gasteiger partial charge < -0.3 is 10.1 Å². The largest absolute Gasteiger partial charge is 0.495 e. The Morgan fingerprint density at radius 2 is 1.75 bits per heavy atom. The monoisotopic (exact) mass is 450 g/mol. The van der Waals surface area contributed by atoms with Crippen molar-refractivity contribution in [3.63, 3.8) is 0 Å². The maximum absolute atomic E-state index is 13.5. The highest BCUT2D eigenvalue weighted by Gasteiger charge is 2.61. The summed E-state index contributed by atoms with van der Waals surface area (Å²) in [6.45, 7) is 0. The Hall–Kier alpha value is -3.12. The second kappa shape index (κ2) is 8.10. The molecule has 0 aromatic heterocycles. The number of carbonyl (C=O) groups is 3. The first-order chi connectivity index (χ1) is 15.5. The molecule has 5 atom stereocenters. The Balaban J connectivity index is 1.48. The molecule has 1 saturated heterocycles. The number of allylic oxidation sites excluding steroid dienone is 2. The lowest BCUT2D eigenvalue weighted by molar-refractivity contribution is -0.147. The molecule has 3 amide bonds. The Kier molecular flexibility index (Phi) is 5.25. The predicted octanol–water partition coefficient (Wildman–Crippen LogP) is 3.71. The molecule has 0 radical (unpaired) electrons. The number of nitrogens with zero attached hydrogens (tertiary/aromatic N) is 1. The topological polar surface area (TPSA) is 75.7 Å². The van der Waals surface area contributed by atoms with Gasteiger partial charge in [0.05, 0.1) is 24.6 Å². The van der Waals surface area contributed by atoms with E-state index in [2.05, 4.69) is 5.32 Å². The molecule has 1 N–H and O–H groups in total. The van der Waals surface area contributed by atoms with E-state index in [0.29, 0.717) is 16.5 Å². The van der Waals surface area contributed by atoms with E-state index in [1.165, 1.54) is 12.0 Å². The third-order valence-corrected chi connectivity index (χ3v) is 7.05. The van der Waals surface area contributed by atoms with Crippen LogP contribution in [0.5, 0.6) is 5.75 Å². The molecular formula is C25H23ClN2O4. The van der Waals surface area contributed by atoms with Gasteiger partial charge in [-0.1, -0.05) is 54.1 Å². The van der Waals surface area contributed by atoms with Gasteiger partial charge in [0.15, 0.2) is 0 Å². The van der Waals surface area contributed by atoms with Crippen molar-refractivity contribution in [3.8, 4) is 5.75 Å². The van der Waals surface area contributed by atoms with E-state index in [9.17, 15) is 14.4 Å². The molecule has 0 spiro atoms. The van der Waals surface area contributed by atoms with Crippen molar-refractivity contribution in [2.45, 2.75) is 18.9 Å². The molecule has 5 unspecified atom stereocenters. The van der Waals surface area contributed by atoms with Crippen molar-refractivity contribution >= 4 is 35.0 Å². The van der Waals surface area contributed by atoms with Crippen molar-refractivity contribution in [2.24, 2.45) is 23.7 Å². The smallest absolute Gasteiger partial charge is 0.248 e. The Bertz CT molecular complexity index is 1090. The zero-order valence-electron chi connectivity index (χ0n) is 17.5. The number of hydrogen-bond acceptors (Lipinski definition) is 4. The van der Waals surface area contributed by atoms with Crippen molar-refractivity contribution in [1.29, 1.82) is 0 Å². The minimum absolute atomic E-state index is 0.0833. The summed E-state index contributed by atoms with van der Waals surface area (Å²) in [6.07, 6.45) is 5.17. The van der Waals surface area contributed by atoms with Gasteiger partial charge in [0.25, 0.3) is 0 Å². The highest BCUT2D eigenvalue weighted by atomic mass is 35.5. The number of benzene rings is 2. The highest BCUT2D eigenvalue weighted by Crippen LogP contribution is 2.53. The summed E-state index contributed by atoms with van der Waals surface area (Å²) in [7, 11) is 1.50. The van der Waals surface area contributed by atoms with Crippen LogP contribution in [0.2, 0.25) is 5.02 Å². The molecule has 2 aromatic rings. The molecule has 32 heavy (non-hydrogen) atoms. The molecule has 1 heterocycles. The number of ether oxygens (including phenoxy) is 1. The maximum atomic E-state index is 13.5. The number of hydrogen-bond donors (Lipinski definition) is 1. The summed E-state index contributed by atoms with van der Waals surface area (Å²) in [4.78, 5) is 41.5. The van der Waals surface area contributed by atoms with Gasteiger partial charge in [0.2, 0.25) is 17.7 Å². The molecule has 2 bridgehead atoms. The van der Waals surface area contributed by atoms with Gasteiger partial charge in [0.1, 0.15) is 11.8 Å². The van der Waals surface area contributed by atoms with Gasteiger partial charge in [-0.25, -0.2) is 0 Å². The first-order valence-electron chi connectivity index (χ1n) is 10.7. The van der Waals surface area contributed by atoms with E-state index in [1.54, 1.807) is 18.2 Å². The molecule has 164 valence electrons. The number of likely N-dealkylation sites (tertiary alicyclic amines) is 1. The highest BCUT2D eigenvalue weighted by molar-refractivity contribution is 6.31. The normalized spacial score (nSPS) is 26.4. The van der Waals surface area contributed by atoms with E-state index >= 15 is 0 Å². The quantitative estimate of drug-likeness (QED) is 0.537. The summed E-state index contributed by atoms with van der Waals surface area (Å²) < 4.78 is 5.33. The number of rotatable bonds is 6. The lowest BCUT2D eigenvalue weighted by Gasteiger charge is -2.27. The summed E-state index contributed by atoms with van der Waals surface area (Å²) in [5.74, 6) is -1.04. The Labute approximate surface area is 191 Å². The standard InChI is InChI=1S/C25H23ClN2O4/c1-32-20-10-9-17(26)13-18(20)27-23(29)19(11-14-5-3-2-4-6-14)28-24(30)21-15-7-8-16(12-15)22(21)25(28)31/h2-10,13,15-16,19,21-22H,11-12H2,1H3,(H,27,29). The van der Waals surface area contributed by atoms with E-state index in [0.717, 1.165) is 12.0 Å². The van der Waals surface area contributed by atoms with Crippen LogP contribution in [-0.4, -0.2) is 35.8 Å². The first-order valence-corrected chi connectivity index (χ1v) is 11.1. The average Bonchev–Trinajstić information content (AvgIpc) is 3.47. The van der Waals surface area contributed by atoms with Crippen molar-refractivity contribution in [3.05, 3.63) is 71.3 Å². The van der Waals surface area contributed by atoms with Crippen molar-refractivity contribution in [1.82, 2.24) is 4.90 Å². The van der Waals surface area contributed by atoms with Gasteiger partial charge in [-0.2, -0.15) is 0 Å². The van der Waals surface area contributed by atoms with Crippen LogP contribution in [0.4, 0.5) is 5.69 Å². The molecule has 7 heteroatoms. The molecule has 2 aliphatic carbocycles. The van der Waals surface area contributed by atoms with Gasteiger partial charge in [0, 0.05) is 11.4 Å². The second-order valence-electron chi connectivity index (χ2n) is 8.59. The number of anilines is 1. The zero-order chi connectivity index (χ0) is 22.4. The number of carbonyl (C=O) groups excluding carboxylic acids is 3. The second-order valence-corrected chi connectivity index (χ2v) is 9.02. The number of imide groups is 1. The fourth-order valence-corrected chi connectivity index (χ4v) is 5.54.